The average Bonchev–Trinajstić information content (AvgIpc) is 3.01. The highest BCUT2D eigenvalue weighted by Gasteiger charge is 2.30. The van der Waals surface area contributed by atoms with Crippen LogP contribution in [-0.4, -0.2) is 44.8 Å². The number of nitrogens with zero attached hydrogens (tertiary/aromatic N) is 5. The van der Waals surface area contributed by atoms with Crippen molar-refractivity contribution in [2.75, 3.05) is 25.5 Å². The third kappa shape index (κ3) is 3.22. The van der Waals surface area contributed by atoms with Crippen molar-refractivity contribution in [1.29, 1.82) is 0 Å². The van der Waals surface area contributed by atoms with Gasteiger partial charge in [0.1, 0.15) is 5.82 Å². The topological polar surface area (TPSA) is 58.4 Å². The van der Waals surface area contributed by atoms with E-state index in [-0.39, 0.29) is 0 Å². The maximum atomic E-state index is 4.60. The van der Waals surface area contributed by atoms with Gasteiger partial charge in [0.2, 0.25) is 0 Å². The first-order valence-corrected chi connectivity index (χ1v) is 8.90. The van der Waals surface area contributed by atoms with Gasteiger partial charge in [0.15, 0.2) is 11.5 Å². The maximum absolute atomic E-state index is 4.60. The van der Waals surface area contributed by atoms with E-state index in [0.717, 1.165) is 30.4 Å². The first-order chi connectivity index (χ1) is 12.2. The zero-order valence-electron chi connectivity index (χ0n) is 14.8. The molecule has 2 atom stereocenters. The van der Waals surface area contributed by atoms with Gasteiger partial charge < -0.3 is 5.32 Å². The van der Waals surface area contributed by atoms with Crippen LogP contribution in [0.15, 0.2) is 42.5 Å². The summed E-state index contributed by atoms with van der Waals surface area (Å²) in [7, 11) is 2.23. The highest BCUT2D eigenvalue weighted by molar-refractivity contribution is 5.43. The molecule has 6 nitrogen and oxygen atoms in total. The number of hydrogen-bond acceptors (Lipinski definition) is 5. The molecule has 2 aromatic heterocycles. The van der Waals surface area contributed by atoms with Gasteiger partial charge in [0.05, 0.1) is 0 Å². The predicted molar refractivity (Wildman–Crippen MR) is 98.5 cm³/mol. The molecule has 0 saturated carbocycles. The van der Waals surface area contributed by atoms with Crippen molar-refractivity contribution in [2.45, 2.75) is 25.8 Å². The molecule has 1 fully saturated rings. The number of hydrogen-bond donors (Lipinski definition) is 1. The zero-order chi connectivity index (χ0) is 17.2. The lowest BCUT2D eigenvalue weighted by Crippen LogP contribution is -2.39. The molecular formula is C19H24N6. The SMILES string of the molecule is Cc1nnc2ccc(NCC3CCCN(C)C3c3ccccc3)nn12. The fourth-order valence-electron chi connectivity index (χ4n) is 3.88. The monoisotopic (exact) mass is 336 g/mol. The Bertz CT molecular complexity index is 844. The lowest BCUT2D eigenvalue weighted by molar-refractivity contribution is 0.128. The van der Waals surface area contributed by atoms with Gasteiger partial charge in [-0.1, -0.05) is 30.3 Å². The fourth-order valence-corrected chi connectivity index (χ4v) is 3.88. The van der Waals surface area contributed by atoms with Crippen LogP contribution in [0.2, 0.25) is 0 Å². The Labute approximate surface area is 147 Å². The van der Waals surface area contributed by atoms with E-state index in [1.165, 1.54) is 18.4 Å². The second kappa shape index (κ2) is 6.80. The normalized spacial score (nSPS) is 21.5. The molecule has 1 aromatic carbocycles. The van der Waals surface area contributed by atoms with Crippen molar-refractivity contribution in [3.05, 3.63) is 53.9 Å². The minimum Gasteiger partial charge on any atom is -0.368 e. The average molecular weight is 336 g/mol. The first-order valence-electron chi connectivity index (χ1n) is 8.90. The molecule has 1 saturated heterocycles. The van der Waals surface area contributed by atoms with Crippen LogP contribution in [0.1, 0.15) is 30.3 Å². The maximum Gasteiger partial charge on any atom is 0.178 e. The van der Waals surface area contributed by atoms with E-state index in [1.54, 1.807) is 4.52 Å². The molecular weight excluding hydrogens is 312 g/mol. The summed E-state index contributed by atoms with van der Waals surface area (Å²) in [6.45, 7) is 3.97. The Morgan fingerprint density at radius 3 is 2.80 bits per heavy atom. The summed E-state index contributed by atoms with van der Waals surface area (Å²) in [6, 6.07) is 15.2. The molecule has 3 heterocycles. The second-order valence-electron chi connectivity index (χ2n) is 6.86. The zero-order valence-corrected chi connectivity index (χ0v) is 14.8. The summed E-state index contributed by atoms with van der Waals surface area (Å²) < 4.78 is 1.78. The summed E-state index contributed by atoms with van der Waals surface area (Å²) >= 11 is 0. The van der Waals surface area contributed by atoms with Crippen LogP contribution in [0.5, 0.6) is 0 Å². The van der Waals surface area contributed by atoms with E-state index in [9.17, 15) is 0 Å². The molecule has 0 spiro atoms. The summed E-state index contributed by atoms with van der Waals surface area (Å²) in [5.74, 6) is 2.23. The van der Waals surface area contributed by atoms with E-state index in [1.807, 2.05) is 19.1 Å². The molecule has 1 aliphatic heterocycles. The number of benzene rings is 1. The van der Waals surface area contributed by atoms with Crippen molar-refractivity contribution in [3.63, 3.8) is 0 Å². The van der Waals surface area contributed by atoms with Crippen LogP contribution in [0, 0.1) is 12.8 Å². The van der Waals surface area contributed by atoms with E-state index in [4.69, 9.17) is 0 Å². The van der Waals surface area contributed by atoms with Crippen molar-refractivity contribution in [1.82, 2.24) is 24.7 Å². The molecule has 4 rings (SSSR count). The number of likely N-dealkylation sites (tertiary alicyclic amines) is 1. The van der Waals surface area contributed by atoms with Gasteiger partial charge in [-0.25, -0.2) is 0 Å². The molecule has 0 bridgehead atoms. The van der Waals surface area contributed by atoms with Gasteiger partial charge in [0, 0.05) is 12.6 Å². The second-order valence-corrected chi connectivity index (χ2v) is 6.86. The number of rotatable bonds is 4. The number of aryl methyl sites for hydroxylation is 1. The smallest absolute Gasteiger partial charge is 0.178 e. The molecule has 6 heteroatoms. The van der Waals surface area contributed by atoms with E-state index in [0.29, 0.717) is 12.0 Å². The molecule has 25 heavy (non-hydrogen) atoms. The fraction of sp³-hybridized carbons (Fsp3) is 0.421. The standard InChI is InChI=1S/C19H24N6/c1-14-21-22-18-11-10-17(23-25(14)18)20-13-16-9-6-12-24(2)19(16)15-7-4-3-5-8-15/h3-5,7-8,10-11,16,19H,6,9,12-13H2,1-2H3,(H,20,23). The number of aromatic nitrogens is 4. The van der Waals surface area contributed by atoms with Crippen molar-refractivity contribution < 1.29 is 0 Å². The quantitative estimate of drug-likeness (QED) is 0.794. The number of fused-ring (bicyclic) bond motifs is 1. The van der Waals surface area contributed by atoms with Crippen molar-refractivity contribution in [3.8, 4) is 0 Å². The van der Waals surface area contributed by atoms with Crippen LogP contribution in [-0.2, 0) is 0 Å². The lowest BCUT2D eigenvalue weighted by atomic mass is 9.85. The number of anilines is 1. The number of nitrogens with one attached hydrogen (secondary N) is 1. The minimum atomic E-state index is 0.447. The summed E-state index contributed by atoms with van der Waals surface area (Å²) in [5, 5.41) is 16.3. The molecule has 3 aromatic rings. The van der Waals surface area contributed by atoms with Crippen LogP contribution < -0.4 is 5.32 Å². The number of piperidine rings is 1. The van der Waals surface area contributed by atoms with E-state index in [2.05, 4.69) is 62.9 Å². The largest absolute Gasteiger partial charge is 0.368 e. The molecule has 0 amide bonds. The van der Waals surface area contributed by atoms with Gasteiger partial charge in [0.25, 0.3) is 0 Å². The molecule has 1 aliphatic rings. The molecule has 0 radical (unpaired) electrons. The van der Waals surface area contributed by atoms with E-state index >= 15 is 0 Å². The van der Waals surface area contributed by atoms with E-state index < -0.39 is 0 Å². The summed E-state index contributed by atoms with van der Waals surface area (Å²) in [6.07, 6.45) is 2.47. The molecule has 1 N–H and O–H groups in total. The summed E-state index contributed by atoms with van der Waals surface area (Å²) in [5.41, 5.74) is 2.18. The predicted octanol–water partition coefficient (Wildman–Crippen LogP) is 2.93. The highest BCUT2D eigenvalue weighted by atomic mass is 15.4. The highest BCUT2D eigenvalue weighted by Crippen LogP contribution is 2.34. The van der Waals surface area contributed by atoms with Crippen LogP contribution in [0.4, 0.5) is 5.82 Å². The van der Waals surface area contributed by atoms with Gasteiger partial charge in [-0.3, -0.25) is 4.90 Å². The van der Waals surface area contributed by atoms with Crippen LogP contribution in [0.25, 0.3) is 5.65 Å². The molecule has 130 valence electrons. The Balaban J connectivity index is 1.52. The van der Waals surface area contributed by atoms with Gasteiger partial charge in [-0.2, -0.15) is 4.52 Å². The first kappa shape index (κ1) is 16.0. The van der Waals surface area contributed by atoms with Gasteiger partial charge >= 0.3 is 0 Å². The van der Waals surface area contributed by atoms with Crippen LogP contribution in [0.3, 0.4) is 0 Å². The minimum absolute atomic E-state index is 0.447. The van der Waals surface area contributed by atoms with Crippen LogP contribution >= 0.6 is 0 Å². The molecule has 0 aliphatic carbocycles. The lowest BCUT2D eigenvalue weighted by Gasteiger charge is -2.39. The Morgan fingerprint density at radius 1 is 1.12 bits per heavy atom. The van der Waals surface area contributed by atoms with Gasteiger partial charge in [-0.15, -0.1) is 15.3 Å². The third-order valence-electron chi connectivity index (χ3n) is 5.11. The summed E-state index contributed by atoms with van der Waals surface area (Å²) in [4.78, 5) is 2.48. The van der Waals surface area contributed by atoms with Crippen molar-refractivity contribution in [2.24, 2.45) is 5.92 Å². The Hall–Kier alpha value is -2.47. The third-order valence-corrected chi connectivity index (χ3v) is 5.11. The Kier molecular flexibility index (Phi) is 4.36. The van der Waals surface area contributed by atoms with Gasteiger partial charge in [-0.05, 0) is 57.0 Å². The van der Waals surface area contributed by atoms with Crippen molar-refractivity contribution >= 4 is 11.5 Å². The molecule has 2 unspecified atom stereocenters. The Morgan fingerprint density at radius 2 is 1.96 bits per heavy atom.